The fourth-order valence-corrected chi connectivity index (χ4v) is 3.39. The van der Waals surface area contributed by atoms with Crippen molar-refractivity contribution in [1.82, 2.24) is 4.57 Å². The van der Waals surface area contributed by atoms with E-state index in [1.807, 2.05) is 18.2 Å². The lowest BCUT2D eigenvalue weighted by atomic mass is 10.2. The lowest BCUT2D eigenvalue weighted by Crippen LogP contribution is -2.21. The maximum Gasteiger partial charge on any atom is 0.0847 e. The molecule has 1 heterocycles. The summed E-state index contributed by atoms with van der Waals surface area (Å²) in [6, 6.07) is 25.0. The van der Waals surface area contributed by atoms with E-state index in [9.17, 15) is 5.11 Å². The summed E-state index contributed by atoms with van der Waals surface area (Å²) in [4.78, 5) is 0. The van der Waals surface area contributed by atoms with Crippen LogP contribution in [-0.2, 0) is 0 Å². The fourth-order valence-electron chi connectivity index (χ4n) is 3.28. The van der Waals surface area contributed by atoms with Gasteiger partial charge in [-0.25, -0.2) is 0 Å². The Bertz CT molecular complexity index is 971. The van der Waals surface area contributed by atoms with Gasteiger partial charge in [-0.15, -0.1) is 11.6 Å². The smallest absolute Gasteiger partial charge is 0.0847 e. The standard InChI is InChI=1S/C21H19ClN2O/c22-13-15(25)14-23-18-9-3-6-12-21(18)24-19-10-4-1-7-16(19)17-8-2-5-11-20(17)24/h1-12,15,23,25H,13-14H2. The van der Waals surface area contributed by atoms with Crippen LogP contribution in [0.3, 0.4) is 0 Å². The van der Waals surface area contributed by atoms with Gasteiger partial charge in [-0.05, 0) is 24.3 Å². The number of nitrogens with one attached hydrogen (secondary N) is 1. The molecule has 0 saturated carbocycles. The number of benzene rings is 3. The van der Waals surface area contributed by atoms with Crippen LogP contribution in [0.4, 0.5) is 5.69 Å². The molecule has 0 spiro atoms. The SMILES string of the molecule is OC(CCl)CNc1ccccc1-n1c2ccccc2c2ccccc21. The Kier molecular flexibility index (Phi) is 4.35. The van der Waals surface area contributed by atoms with Gasteiger partial charge in [-0.1, -0.05) is 48.5 Å². The third-order valence-electron chi connectivity index (χ3n) is 4.43. The molecule has 0 saturated heterocycles. The van der Waals surface area contributed by atoms with E-state index in [1.165, 1.54) is 10.8 Å². The molecule has 0 aliphatic heterocycles. The van der Waals surface area contributed by atoms with Crippen LogP contribution in [-0.4, -0.2) is 28.2 Å². The van der Waals surface area contributed by atoms with Crippen molar-refractivity contribution in [3.63, 3.8) is 0 Å². The van der Waals surface area contributed by atoms with Gasteiger partial charge in [0.2, 0.25) is 0 Å². The first-order chi connectivity index (χ1) is 12.3. The second-order valence-electron chi connectivity index (χ2n) is 6.08. The highest BCUT2D eigenvalue weighted by atomic mass is 35.5. The van der Waals surface area contributed by atoms with E-state index in [4.69, 9.17) is 11.6 Å². The zero-order valence-electron chi connectivity index (χ0n) is 13.7. The molecule has 0 amide bonds. The van der Waals surface area contributed by atoms with Gasteiger partial charge < -0.3 is 15.0 Å². The van der Waals surface area contributed by atoms with Gasteiger partial charge in [0.25, 0.3) is 0 Å². The summed E-state index contributed by atoms with van der Waals surface area (Å²) in [6.07, 6.45) is -0.576. The minimum absolute atomic E-state index is 0.213. The molecule has 4 aromatic rings. The number of alkyl halides is 1. The van der Waals surface area contributed by atoms with Crippen molar-refractivity contribution < 1.29 is 5.11 Å². The first-order valence-corrected chi connectivity index (χ1v) is 8.88. The number of aromatic nitrogens is 1. The molecule has 0 fully saturated rings. The maximum atomic E-state index is 9.78. The fraction of sp³-hybridized carbons (Fsp3) is 0.143. The zero-order chi connectivity index (χ0) is 17.2. The minimum atomic E-state index is -0.576. The summed E-state index contributed by atoms with van der Waals surface area (Å²) >= 11 is 5.72. The van der Waals surface area contributed by atoms with Crippen LogP contribution in [0.1, 0.15) is 0 Å². The van der Waals surface area contributed by atoms with Gasteiger partial charge in [0, 0.05) is 17.3 Å². The number of halogens is 1. The molecule has 0 aliphatic rings. The Morgan fingerprint density at radius 1 is 0.840 bits per heavy atom. The van der Waals surface area contributed by atoms with Crippen LogP contribution in [0.2, 0.25) is 0 Å². The number of aliphatic hydroxyl groups is 1. The monoisotopic (exact) mass is 350 g/mol. The molecule has 1 aromatic heterocycles. The molecule has 1 unspecified atom stereocenters. The van der Waals surface area contributed by atoms with Crippen LogP contribution in [0.5, 0.6) is 0 Å². The van der Waals surface area contributed by atoms with Crippen LogP contribution in [0.25, 0.3) is 27.5 Å². The topological polar surface area (TPSA) is 37.2 Å². The van der Waals surface area contributed by atoms with E-state index in [2.05, 4.69) is 64.5 Å². The second-order valence-corrected chi connectivity index (χ2v) is 6.38. The van der Waals surface area contributed by atoms with E-state index < -0.39 is 6.10 Å². The molecular formula is C21H19ClN2O. The molecule has 0 bridgehead atoms. The molecule has 25 heavy (non-hydrogen) atoms. The van der Waals surface area contributed by atoms with Crippen LogP contribution < -0.4 is 5.32 Å². The summed E-state index contributed by atoms with van der Waals surface area (Å²) in [5.74, 6) is 0.213. The Labute approximate surface area is 151 Å². The maximum absolute atomic E-state index is 9.78. The van der Waals surface area contributed by atoms with Crippen molar-refractivity contribution in [2.75, 3.05) is 17.7 Å². The number of fused-ring (bicyclic) bond motifs is 3. The van der Waals surface area contributed by atoms with Crippen molar-refractivity contribution in [2.45, 2.75) is 6.10 Å². The first kappa shape index (κ1) is 16.0. The zero-order valence-corrected chi connectivity index (χ0v) is 14.4. The normalized spacial score (nSPS) is 12.6. The summed E-state index contributed by atoms with van der Waals surface area (Å²) in [7, 11) is 0. The minimum Gasteiger partial charge on any atom is -0.390 e. The van der Waals surface area contributed by atoms with E-state index in [-0.39, 0.29) is 5.88 Å². The number of nitrogens with zero attached hydrogens (tertiary/aromatic N) is 1. The van der Waals surface area contributed by atoms with Crippen LogP contribution in [0, 0.1) is 0 Å². The third-order valence-corrected chi connectivity index (χ3v) is 4.79. The summed E-state index contributed by atoms with van der Waals surface area (Å²) in [5, 5.41) is 15.6. The van der Waals surface area contributed by atoms with Crippen molar-refractivity contribution in [3.05, 3.63) is 72.8 Å². The predicted molar refractivity (Wildman–Crippen MR) is 106 cm³/mol. The van der Waals surface area contributed by atoms with Crippen molar-refractivity contribution in [1.29, 1.82) is 0 Å². The quantitative estimate of drug-likeness (QED) is 0.507. The lowest BCUT2D eigenvalue weighted by Gasteiger charge is -2.16. The molecule has 3 aromatic carbocycles. The number of rotatable bonds is 5. The average Bonchev–Trinajstić information content (AvgIpc) is 3.01. The molecule has 0 aliphatic carbocycles. The summed E-state index contributed by atoms with van der Waals surface area (Å²) in [6.45, 7) is 0.414. The van der Waals surface area contributed by atoms with Gasteiger partial charge in [-0.2, -0.15) is 0 Å². The number of hydrogen-bond donors (Lipinski definition) is 2. The number of aliphatic hydroxyl groups excluding tert-OH is 1. The number of anilines is 1. The Hall–Kier alpha value is -2.49. The first-order valence-electron chi connectivity index (χ1n) is 8.35. The molecule has 4 heteroatoms. The molecule has 126 valence electrons. The Balaban J connectivity index is 1.93. The number of para-hydroxylation sites is 4. The largest absolute Gasteiger partial charge is 0.390 e. The highest BCUT2D eigenvalue weighted by Crippen LogP contribution is 2.34. The van der Waals surface area contributed by atoms with Gasteiger partial charge in [0.05, 0.1) is 34.4 Å². The van der Waals surface area contributed by atoms with E-state index in [0.29, 0.717) is 6.54 Å². The van der Waals surface area contributed by atoms with Gasteiger partial charge in [-0.3, -0.25) is 0 Å². The lowest BCUT2D eigenvalue weighted by molar-refractivity contribution is 0.211. The predicted octanol–water partition coefficient (Wildman–Crippen LogP) is 4.80. The highest BCUT2D eigenvalue weighted by Gasteiger charge is 2.14. The molecule has 4 rings (SSSR count). The summed E-state index contributed by atoms with van der Waals surface area (Å²) in [5.41, 5.74) is 4.35. The Morgan fingerprint density at radius 2 is 1.40 bits per heavy atom. The average molecular weight is 351 g/mol. The molecule has 2 N–H and O–H groups in total. The molecule has 3 nitrogen and oxygen atoms in total. The molecule has 0 radical (unpaired) electrons. The Morgan fingerprint density at radius 3 is 2.04 bits per heavy atom. The highest BCUT2D eigenvalue weighted by molar-refractivity contribution is 6.18. The van der Waals surface area contributed by atoms with Crippen molar-refractivity contribution in [2.24, 2.45) is 0 Å². The van der Waals surface area contributed by atoms with Crippen molar-refractivity contribution >= 4 is 39.1 Å². The molecular weight excluding hydrogens is 332 g/mol. The van der Waals surface area contributed by atoms with Gasteiger partial charge >= 0.3 is 0 Å². The van der Waals surface area contributed by atoms with E-state index >= 15 is 0 Å². The molecule has 1 atom stereocenters. The van der Waals surface area contributed by atoms with Crippen LogP contribution >= 0.6 is 11.6 Å². The van der Waals surface area contributed by atoms with Crippen molar-refractivity contribution in [3.8, 4) is 5.69 Å². The number of hydrogen-bond acceptors (Lipinski definition) is 2. The second kappa shape index (κ2) is 6.79. The van der Waals surface area contributed by atoms with Gasteiger partial charge in [0.1, 0.15) is 0 Å². The third kappa shape index (κ3) is 2.86. The van der Waals surface area contributed by atoms with E-state index in [0.717, 1.165) is 22.4 Å². The summed E-state index contributed by atoms with van der Waals surface area (Å²) < 4.78 is 2.26. The van der Waals surface area contributed by atoms with E-state index in [1.54, 1.807) is 0 Å². The van der Waals surface area contributed by atoms with Crippen LogP contribution in [0.15, 0.2) is 72.8 Å². The van der Waals surface area contributed by atoms with Gasteiger partial charge in [0.15, 0.2) is 0 Å².